The van der Waals surface area contributed by atoms with Gasteiger partial charge in [0.15, 0.2) is 11.5 Å². The molecule has 0 fully saturated rings. The van der Waals surface area contributed by atoms with E-state index < -0.39 is 12.2 Å². The number of hydrogen-bond acceptors (Lipinski definition) is 4. The van der Waals surface area contributed by atoms with E-state index in [1.54, 1.807) is 31.2 Å². The minimum Gasteiger partial charge on any atom is -0.488 e. The van der Waals surface area contributed by atoms with Crippen molar-refractivity contribution in [2.45, 2.75) is 32.0 Å². The van der Waals surface area contributed by atoms with Crippen molar-refractivity contribution in [3.8, 4) is 23.8 Å². The second-order valence-corrected chi connectivity index (χ2v) is 8.12. The Hall–Kier alpha value is -1.32. The van der Waals surface area contributed by atoms with Crippen molar-refractivity contribution in [1.29, 1.82) is 0 Å². The summed E-state index contributed by atoms with van der Waals surface area (Å²) in [6, 6.07) is 6.90. The highest BCUT2D eigenvalue weighted by Gasteiger charge is 2.15. The van der Waals surface area contributed by atoms with E-state index in [1.807, 2.05) is 0 Å². The zero-order valence-electron chi connectivity index (χ0n) is 15.6. The van der Waals surface area contributed by atoms with Gasteiger partial charge < -0.3 is 19.7 Å². The van der Waals surface area contributed by atoms with E-state index in [1.165, 1.54) is 0 Å². The summed E-state index contributed by atoms with van der Waals surface area (Å²) in [6.45, 7) is 1.68. The summed E-state index contributed by atoms with van der Waals surface area (Å²) in [6.07, 6.45) is 4.36. The molecule has 0 amide bonds. The maximum Gasteiger partial charge on any atom is 0.156 e. The Kier molecular flexibility index (Phi) is 9.23. The molecule has 0 heterocycles. The first-order chi connectivity index (χ1) is 13.7. The zero-order valence-corrected chi connectivity index (χ0v) is 18.6. The standard InChI is InChI=1S/C21H20Cl4O4/c1-3-4-15(27)11-29-21-18(24)8-14(9-19(21)25)5-13-6-16(22)20(17(23)7-13)28-10-12(2)26/h1,6-9,12,15,26-27H,4-5,10-11H2,2H3. The highest BCUT2D eigenvalue weighted by molar-refractivity contribution is 6.38. The van der Waals surface area contributed by atoms with Crippen molar-refractivity contribution in [3.63, 3.8) is 0 Å². The molecule has 0 bridgehead atoms. The quantitative estimate of drug-likeness (QED) is 0.474. The molecule has 8 heteroatoms. The van der Waals surface area contributed by atoms with E-state index in [-0.39, 0.29) is 25.4 Å². The Labute approximate surface area is 190 Å². The second-order valence-electron chi connectivity index (χ2n) is 6.49. The summed E-state index contributed by atoms with van der Waals surface area (Å²) in [5.41, 5.74) is 1.65. The Morgan fingerprint density at radius 3 is 1.66 bits per heavy atom. The predicted octanol–water partition coefficient (Wildman–Crippen LogP) is 5.41. The lowest BCUT2D eigenvalue weighted by atomic mass is 10.0. The van der Waals surface area contributed by atoms with Gasteiger partial charge in [-0.25, -0.2) is 0 Å². The van der Waals surface area contributed by atoms with Crippen LogP contribution in [-0.2, 0) is 6.42 Å². The summed E-state index contributed by atoms with van der Waals surface area (Å²) in [5, 5.41) is 20.3. The molecule has 2 atom stereocenters. The third kappa shape index (κ3) is 7.15. The fourth-order valence-corrected chi connectivity index (χ4v) is 3.80. The van der Waals surface area contributed by atoms with Crippen molar-refractivity contribution in [2.75, 3.05) is 13.2 Å². The third-order valence-electron chi connectivity index (χ3n) is 3.77. The van der Waals surface area contributed by atoms with Crippen LogP contribution in [0.2, 0.25) is 20.1 Å². The van der Waals surface area contributed by atoms with Crippen LogP contribution in [0.5, 0.6) is 11.5 Å². The minimum absolute atomic E-state index is 0.0118. The summed E-state index contributed by atoms with van der Waals surface area (Å²) >= 11 is 25.1. The highest BCUT2D eigenvalue weighted by atomic mass is 35.5. The van der Waals surface area contributed by atoms with E-state index in [2.05, 4.69) is 5.92 Å². The Morgan fingerprint density at radius 1 is 0.862 bits per heavy atom. The molecule has 0 aliphatic carbocycles. The third-order valence-corrected chi connectivity index (χ3v) is 4.89. The van der Waals surface area contributed by atoms with Crippen LogP contribution in [0, 0.1) is 12.3 Å². The van der Waals surface area contributed by atoms with Crippen LogP contribution in [0.4, 0.5) is 0 Å². The molecule has 0 spiro atoms. The van der Waals surface area contributed by atoms with Crippen LogP contribution < -0.4 is 9.47 Å². The maximum absolute atomic E-state index is 9.68. The fraction of sp³-hybridized carbons (Fsp3) is 0.333. The number of aliphatic hydroxyl groups excluding tert-OH is 2. The monoisotopic (exact) mass is 476 g/mol. The van der Waals surface area contributed by atoms with Gasteiger partial charge >= 0.3 is 0 Å². The zero-order chi connectivity index (χ0) is 21.6. The van der Waals surface area contributed by atoms with Crippen LogP contribution in [0.15, 0.2) is 24.3 Å². The number of aliphatic hydroxyl groups is 2. The molecule has 156 valence electrons. The van der Waals surface area contributed by atoms with E-state index in [4.69, 9.17) is 62.3 Å². The lowest BCUT2D eigenvalue weighted by molar-refractivity contribution is 0.112. The molecule has 0 radical (unpaired) electrons. The Balaban J connectivity index is 2.15. The number of terminal acetylenes is 1. The average molecular weight is 478 g/mol. The molecule has 2 rings (SSSR count). The molecular weight excluding hydrogens is 458 g/mol. The van der Waals surface area contributed by atoms with Gasteiger partial charge in [-0.1, -0.05) is 46.4 Å². The molecule has 2 N–H and O–H groups in total. The molecule has 2 aromatic carbocycles. The summed E-state index contributed by atoms with van der Waals surface area (Å²) in [7, 11) is 0. The molecule has 0 aliphatic heterocycles. The van der Waals surface area contributed by atoms with E-state index in [9.17, 15) is 10.2 Å². The Morgan fingerprint density at radius 2 is 1.28 bits per heavy atom. The number of hydrogen-bond donors (Lipinski definition) is 2. The molecule has 0 aliphatic rings. The maximum atomic E-state index is 9.68. The van der Waals surface area contributed by atoms with Crippen molar-refractivity contribution < 1.29 is 19.7 Å². The number of benzene rings is 2. The lowest BCUT2D eigenvalue weighted by Crippen LogP contribution is -2.17. The Bertz CT molecular complexity index is 847. The SMILES string of the molecule is C#CCC(O)COc1c(Cl)cc(Cc2cc(Cl)c(OCC(C)O)c(Cl)c2)cc1Cl. The first kappa shape index (κ1) is 24.0. The van der Waals surface area contributed by atoms with E-state index in [0.717, 1.165) is 11.1 Å². The first-order valence-corrected chi connectivity index (χ1v) is 10.2. The average Bonchev–Trinajstić information content (AvgIpc) is 2.60. The normalized spacial score (nSPS) is 12.9. The minimum atomic E-state index is -0.800. The molecule has 0 aromatic heterocycles. The largest absolute Gasteiger partial charge is 0.488 e. The second kappa shape index (κ2) is 11.2. The molecule has 0 saturated heterocycles. The lowest BCUT2D eigenvalue weighted by Gasteiger charge is -2.15. The number of halogens is 4. The van der Waals surface area contributed by atoms with Gasteiger partial charge in [0.05, 0.1) is 32.3 Å². The summed E-state index contributed by atoms with van der Waals surface area (Å²) in [4.78, 5) is 0. The molecule has 4 nitrogen and oxygen atoms in total. The van der Waals surface area contributed by atoms with Gasteiger partial charge in [0.2, 0.25) is 0 Å². The van der Waals surface area contributed by atoms with Gasteiger partial charge in [0.25, 0.3) is 0 Å². The van der Waals surface area contributed by atoms with E-state index >= 15 is 0 Å². The first-order valence-electron chi connectivity index (χ1n) is 8.72. The molecule has 0 saturated carbocycles. The smallest absolute Gasteiger partial charge is 0.156 e. The van der Waals surface area contributed by atoms with Crippen LogP contribution in [0.1, 0.15) is 24.5 Å². The molecule has 2 aromatic rings. The van der Waals surface area contributed by atoms with Gasteiger partial charge in [-0.05, 0) is 48.7 Å². The molecule has 2 unspecified atom stereocenters. The van der Waals surface area contributed by atoms with Crippen molar-refractivity contribution in [1.82, 2.24) is 0 Å². The van der Waals surface area contributed by atoms with Gasteiger partial charge in [0.1, 0.15) is 13.2 Å². The fourth-order valence-electron chi connectivity index (χ4n) is 2.52. The van der Waals surface area contributed by atoms with Crippen molar-refractivity contribution in [2.24, 2.45) is 0 Å². The van der Waals surface area contributed by atoms with Gasteiger partial charge in [-0.3, -0.25) is 0 Å². The van der Waals surface area contributed by atoms with Crippen LogP contribution in [0.25, 0.3) is 0 Å². The van der Waals surface area contributed by atoms with Crippen LogP contribution >= 0.6 is 46.4 Å². The topological polar surface area (TPSA) is 58.9 Å². The van der Waals surface area contributed by atoms with Crippen molar-refractivity contribution in [3.05, 3.63) is 55.5 Å². The number of rotatable bonds is 9. The highest BCUT2D eigenvalue weighted by Crippen LogP contribution is 2.37. The molecular formula is C21H20Cl4O4. The van der Waals surface area contributed by atoms with E-state index in [0.29, 0.717) is 32.3 Å². The van der Waals surface area contributed by atoms with Gasteiger partial charge in [-0.15, -0.1) is 12.3 Å². The predicted molar refractivity (Wildman–Crippen MR) is 118 cm³/mol. The van der Waals surface area contributed by atoms with Crippen LogP contribution in [0.3, 0.4) is 0 Å². The van der Waals surface area contributed by atoms with Crippen molar-refractivity contribution >= 4 is 46.4 Å². The molecule has 29 heavy (non-hydrogen) atoms. The summed E-state index contributed by atoms with van der Waals surface area (Å²) < 4.78 is 10.9. The van der Waals surface area contributed by atoms with Gasteiger partial charge in [-0.2, -0.15) is 0 Å². The van der Waals surface area contributed by atoms with Gasteiger partial charge in [0, 0.05) is 6.42 Å². The number of ether oxygens (including phenoxy) is 2. The van der Waals surface area contributed by atoms with Crippen LogP contribution in [-0.4, -0.2) is 35.6 Å². The summed E-state index contributed by atoms with van der Waals surface area (Å²) in [5.74, 6) is 2.96.